The second-order valence-corrected chi connectivity index (χ2v) is 4.63. The molecule has 0 aliphatic heterocycles. The van der Waals surface area contributed by atoms with Crippen LogP contribution in [-0.4, -0.2) is 9.85 Å². The van der Waals surface area contributed by atoms with Crippen LogP contribution in [0.1, 0.15) is 0 Å². The maximum Gasteiger partial charge on any atom is 0.296 e. The summed E-state index contributed by atoms with van der Waals surface area (Å²) in [6.45, 7) is 0. The Bertz CT molecular complexity index is 866. The zero-order valence-electron chi connectivity index (χ0n) is 11.8. The van der Waals surface area contributed by atoms with Gasteiger partial charge in [-0.15, -0.1) is 0 Å². The third kappa shape index (κ3) is 4.23. The van der Waals surface area contributed by atoms with Gasteiger partial charge in [-0.2, -0.15) is 0 Å². The first-order chi connectivity index (χ1) is 11.5. The molecule has 4 N–H and O–H groups in total. The Labute approximate surface area is 140 Å². The predicted molar refractivity (Wildman–Crippen MR) is 79.9 cm³/mol. The Kier molecular flexibility index (Phi) is 6.06. The number of anilines is 2. The lowest BCUT2D eigenvalue weighted by molar-refractivity contribution is -0.384. The Balaban J connectivity index is 0.000000251. The van der Waals surface area contributed by atoms with Crippen LogP contribution in [-0.2, 0) is 0 Å². The third-order valence-corrected chi connectivity index (χ3v) is 2.96. The van der Waals surface area contributed by atoms with Gasteiger partial charge in [0.25, 0.3) is 11.4 Å². The van der Waals surface area contributed by atoms with Crippen LogP contribution in [0.4, 0.5) is 40.3 Å². The summed E-state index contributed by atoms with van der Waals surface area (Å²) in [5, 5.41) is 19.7. The van der Waals surface area contributed by atoms with Crippen LogP contribution in [0.5, 0.6) is 0 Å². The number of hydrogen-bond acceptors (Lipinski definition) is 6. The van der Waals surface area contributed by atoms with Gasteiger partial charge in [-0.25, -0.2) is 17.6 Å². The minimum Gasteiger partial charge on any atom is -0.391 e. The molecule has 0 aromatic heterocycles. The highest BCUT2D eigenvalue weighted by Gasteiger charge is 2.22. The zero-order chi connectivity index (χ0) is 19.5. The third-order valence-electron chi connectivity index (χ3n) is 2.68. The van der Waals surface area contributed by atoms with Gasteiger partial charge in [-0.3, -0.25) is 20.2 Å². The van der Waals surface area contributed by atoms with E-state index in [9.17, 15) is 37.8 Å². The van der Waals surface area contributed by atoms with Crippen LogP contribution in [0.3, 0.4) is 0 Å². The Morgan fingerprint density at radius 1 is 0.840 bits per heavy atom. The zero-order valence-corrected chi connectivity index (χ0v) is 12.6. The first kappa shape index (κ1) is 19.9. The Hall–Kier alpha value is -3.15. The Morgan fingerprint density at radius 2 is 1.32 bits per heavy atom. The molecule has 2 aromatic rings. The lowest BCUT2D eigenvalue weighted by Gasteiger charge is -2.00. The van der Waals surface area contributed by atoms with Gasteiger partial charge in [0, 0.05) is 12.1 Å². The van der Waals surface area contributed by atoms with Crippen molar-refractivity contribution in [3.8, 4) is 0 Å². The molecule has 25 heavy (non-hydrogen) atoms. The van der Waals surface area contributed by atoms with E-state index in [0.29, 0.717) is 12.1 Å². The van der Waals surface area contributed by atoms with Crippen LogP contribution in [0.25, 0.3) is 0 Å². The maximum atomic E-state index is 12.7. The Morgan fingerprint density at radius 3 is 1.80 bits per heavy atom. The van der Waals surface area contributed by atoms with Gasteiger partial charge < -0.3 is 11.5 Å². The van der Waals surface area contributed by atoms with Gasteiger partial charge >= 0.3 is 0 Å². The van der Waals surface area contributed by atoms with Crippen LogP contribution in [0, 0.1) is 43.5 Å². The van der Waals surface area contributed by atoms with Crippen molar-refractivity contribution >= 4 is 34.4 Å². The average Bonchev–Trinajstić information content (AvgIpc) is 2.54. The van der Waals surface area contributed by atoms with E-state index in [1.807, 2.05) is 0 Å². The van der Waals surface area contributed by atoms with Crippen molar-refractivity contribution in [2.24, 2.45) is 0 Å². The fourth-order valence-corrected chi connectivity index (χ4v) is 1.65. The topological polar surface area (TPSA) is 138 Å². The normalized spacial score (nSPS) is 9.96. The van der Waals surface area contributed by atoms with Crippen molar-refractivity contribution in [1.29, 1.82) is 0 Å². The number of nitro benzene ring substituents is 2. The standard InChI is InChI=1S/C6H3ClF2N2O2.C6H4F2N2O2/c7-2-1-3(11(12)13)6(10)5(9)4(2)8;7-3-1-2-4(10(11)12)6(9)5(3)8/h1H,10H2;1-2H,9H2. The molecule has 8 nitrogen and oxygen atoms in total. The summed E-state index contributed by atoms with van der Waals surface area (Å²) in [5.74, 6) is -5.47. The van der Waals surface area contributed by atoms with Crippen molar-refractivity contribution in [2.45, 2.75) is 0 Å². The average molecular weight is 383 g/mol. The smallest absolute Gasteiger partial charge is 0.296 e. The predicted octanol–water partition coefficient (Wildman–Crippen LogP) is 3.56. The second kappa shape index (κ2) is 7.61. The molecule has 0 aliphatic rings. The molecule has 0 atom stereocenters. The number of nitrogen functional groups attached to an aromatic ring is 2. The lowest BCUT2D eigenvalue weighted by Crippen LogP contribution is -2.01. The van der Waals surface area contributed by atoms with Gasteiger partial charge in [0.05, 0.1) is 14.9 Å². The molecule has 2 rings (SSSR count). The largest absolute Gasteiger partial charge is 0.391 e. The van der Waals surface area contributed by atoms with E-state index in [2.05, 4.69) is 0 Å². The van der Waals surface area contributed by atoms with Crippen molar-refractivity contribution in [3.63, 3.8) is 0 Å². The summed E-state index contributed by atoms with van der Waals surface area (Å²) >= 11 is 5.16. The minimum atomic E-state index is -1.50. The summed E-state index contributed by atoms with van der Waals surface area (Å²) in [5.41, 5.74) is 6.86. The van der Waals surface area contributed by atoms with Gasteiger partial charge in [-0.05, 0) is 6.07 Å². The first-order valence-electron chi connectivity index (χ1n) is 5.94. The molecule has 0 aliphatic carbocycles. The number of nitrogens with zero attached hydrogens (tertiary/aromatic N) is 2. The van der Waals surface area contributed by atoms with E-state index in [1.54, 1.807) is 0 Å². The quantitative estimate of drug-likeness (QED) is 0.268. The fourth-order valence-electron chi connectivity index (χ4n) is 1.46. The molecule has 2 aromatic carbocycles. The van der Waals surface area contributed by atoms with E-state index in [1.165, 1.54) is 0 Å². The monoisotopic (exact) mass is 382 g/mol. The van der Waals surface area contributed by atoms with E-state index < -0.39 is 60.9 Å². The summed E-state index contributed by atoms with van der Waals surface area (Å²) in [6, 6.07) is 2.13. The van der Waals surface area contributed by atoms with E-state index in [0.717, 1.165) is 6.07 Å². The van der Waals surface area contributed by atoms with Gasteiger partial charge in [0.15, 0.2) is 23.3 Å². The molecule has 0 heterocycles. The molecular formula is C12H7ClF4N4O4. The first-order valence-corrected chi connectivity index (χ1v) is 6.32. The van der Waals surface area contributed by atoms with E-state index in [4.69, 9.17) is 23.1 Å². The van der Waals surface area contributed by atoms with Gasteiger partial charge in [0.1, 0.15) is 11.4 Å². The molecule has 134 valence electrons. The number of halogens is 5. The molecule has 0 bridgehead atoms. The summed E-state index contributed by atoms with van der Waals surface area (Å²) in [6.07, 6.45) is 0. The highest BCUT2D eigenvalue weighted by Crippen LogP contribution is 2.31. The molecule has 13 heteroatoms. The number of benzene rings is 2. The highest BCUT2D eigenvalue weighted by atomic mass is 35.5. The van der Waals surface area contributed by atoms with Crippen molar-refractivity contribution in [3.05, 3.63) is 66.7 Å². The van der Waals surface area contributed by atoms with Crippen LogP contribution >= 0.6 is 11.6 Å². The summed E-state index contributed by atoms with van der Waals surface area (Å²) in [7, 11) is 0. The van der Waals surface area contributed by atoms with Crippen molar-refractivity contribution in [1.82, 2.24) is 0 Å². The van der Waals surface area contributed by atoms with Gasteiger partial charge in [0.2, 0.25) is 0 Å². The number of rotatable bonds is 2. The molecule has 0 spiro atoms. The van der Waals surface area contributed by atoms with Crippen LogP contribution < -0.4 is 11.5 Å². The van der Waals surface area contributed by atoms with E-state index >= 15 is 0 Å². The van der Waals surface area contributed by atoms with Gasteiger partial charge in [-0.1, -0.05) is 11.6 Å². The number of hydrogen-bond donors (Lipinski definition) is 2. The molecule has 0 unspecified atom stereocenters. The van der Waals surface area contributed by atoms with Crippen LogP contribution in [0.2, 0.25) is 5.02 Å². The molecule has 0 radical (unpaired) electrons. The second-order valence-electron chi connectivity index (χ2n) is 4.23. The molecule has 0 amide bonds. The van der Waals surface area contributed by atoms with E-state index in [-0.39, 0.29) is 0 Å². The lowest BCUT2D eigenvalue weighted by atomic mass is 10.2. The number of nitro groups is 2. The van der Waals surface area contributed by atoms with Crippen LogP contribution in [0.15, 0.2) is 18.2 Å². The summed E-state index contributed by atoms with van der Waals surface area (Å²) in [4.78, 5) is 18.5. The fraction of sp³-hybridized carbons (Fsp3) is 0. The number of nitrogens with two attached hydrogens (primary N) is 2. The van der Waals surface area contributed by atoms with Crippen molar-refractivity contribution < 1.29 is 27.4 Å². The van der Waals surface area contributed by atoms with Crippen molar-refractivity contribution in [2.75, 3.05) is 11.5 Å². The molecule has 0 fully saturated rings. The minimum absolute atomic E-state index is 0.631. The maximum absolute atomic E-state index is 12.7. The highest BCUT2D eigenvalue weighted by molar-refractivity contribution is 6.31. The summed E-state index contributed by atoms with van der Waals surface area (Å²) < 4.78 is 50.2. The molecule has 0 saturated heterocycles. The SMILES string of the molecule is Nc1c([N+](=O)[O-])cc(Cl)c(F)c1F.Nc1c([N+](=O)[O-])ccc(F)c1F. The molecule has 0 saturated carbocycles. The molecular weight excluding hydrogens is 376 g/mol.